The highest BCUT2D eigenvalue weighted by Gasteiger charge is 2.39. The maximum absolute atomic E-state index is 12.9. The van der Waals surface area contributed by atoms with Crippen molar-refractivity contribution in [2.75, 3.05) is 43.9 Å². The lowest BCUT2D eigenvalue weighted by Crippen LogP contribution is -2.54. The van der Waals surface area contributed by atoms with E-state index in [4.69, 9.17) is 4.98 Å². The predicted octanol–water partition coefficient (Wildman–Crippen LogP) is 1.93. The van der Waals surface area contributed by atoms with Crippen molar-refractivity contribution in [2.24, 2.45) is 0 Å². The topological polar surface area (TPSA) is 73.8 Å². The van der Waals surface area contributed by atoms with Crippen LogP contribution < -0.4 is 4.90 Å². The molecule has 3 heterocycles. The van der Waals surface area contributed by atoms with Gasteiger partial charge in [-0.2, -0.15) is 4.31 Å². The van der Waals surface area contributed by atoms with Gasteiger partial charge in [0.25, 0.3) is 0 Å². The zero-order valence-electron chi connectivity index (χ0n) is 16.3. The highest BCUT2D eigenvalue weighted by Crippen LogP contribution is 2.32. The number of rotatable bonds is 4. The molecule has 0 aliphatic carbocycles. The average Bonchev–Trinajstić information content (AvgIpc) is 3.34. The highest BCUT2D eigenvalue weighted by molar-refractivity contribution is 7.88. The molecule has 2 fully saturated rings. The molecule has 2 saturated heterocycles. The molecular weight excluding hydrogens is 396 g/mol. The zero-order valence-corrected chi connectivity index (χ0v) is 17.9. The SMILES string of the molecule is CCc1cccc2sc(N3CCN(C(=O)C4CCCN4S(C)(=O)=O)CC3)nc12. The number of nitrogens with zero attached hydrogens (tertiary/aromatic N) is 4. The van der Waals surface area contributed by atoms with Crippen LogP contribution in [0, 0.1) is 0 Å². The first-order chi connectivity index (χ1) is 13.4. The van der Waals surface area contributed by atoms with Crippen molar-refractivity contribution in [1.82, 2.24) is 14.2 Å². The van der Waals surface area contributed by atoms with Gasteiger partial charge in [0.2, 0.25) is 15.9 Å². The lowest BCUT2D eigenvalue weighted by molar-refractivity contribution is -0.134. The Balaban J connectivity index is 1.44. The van der Waals surface area contributed by atoms with E-state index in [0.29, 0.717) is 26.1 Å². The number of benzene rings is 1. The van der Waals surface area contributed by atoms with Crippen LogP contribution in [0.2, 0.25) is 0 Å². The third kappa shape index (κ3) is 3.62. The fourth-order valence-corrected chi connectivity index (χ4v) is 6.31. The standard InChI is InChI=1S/C19H26N4O3S2/c1-3-14-6-4-8-16-17(14)20-19(27-16)22-12-10-21(11-13-22)18(24)15-7-5-9-23(15)28(2,25)26/h4,6,8,15H,3,5,7,9-13H2,1-2H3. The number of carbonyl (C=O) groups is 1. The summed E-state index contributed by atoms with van der Waals surface area (Å²) in [6, 6.07) is 5.78. The Kier molecular flexibility index (Phi) is 5.32. The van der Waals surface area contributed by atoms with Crippen LogP contribution in [-0.2, 0) is 21.2 Å². The van der Waals surface area contributed by atoms with Gasteiger partial charge in [-0.15, -0.1) is 0 Å². The molecular formula is C19H26N4O3S2. The van der Waals surface area contributed by atoms with Gasteiger partial charge in [-0.1, -0.05) is 30.4 Å². The number of carbonyl (C=O) groups excluding carboxylic acids is 1. The van der Waals surface area contributed by atoms with Crippen LogP contribution >= 0.6 is 11.3 Å². The summed E-state index contributed by atoms with van der Waals surface area (Å²) < 4.78 is 26.5. The van der Waals surface area contributed by atoms with Crippen molar-refractivity contribution in [3.63, 3.8) is 0 Å². The van der Waals surface area contributed by atoms with E-state index in [1.54, 1.807) is 11.3 Å². The maximum Gasteiger partial charge on any atom is 0.241 e. The minimum atomic E-state index is -3.34. The van der Waals surface area contributed by atoms with E-state index in [0.717, 1.165) is 36.6 Å². The molecule has 1 unspecified atom stereocenters. The first-order valence-corrected chi connectivity index (χ1v) is 12.4. The summed E-state index contributed by atoms with van der Waals surface area (Å²) in [5.74, 6) is -0.0554. The van der Waals surface area contributed by atoms with Crippen LogP contribution in [0.5, 0.6) is 0 Å². The van der Waals surface area contributed by atoms with Gasteiger partial charge in [0.15, 0.2) is 5.13 Å². The number of para-hydroxylation sites is 1. The van der Waals surface area contributed by atoms with Crippen LogP contribution in [0.3, 0.4) is 0 Å². The molecule has 1 atom stereocenters. The number of hydrogen-bond donors (Lipinski definition) is 0. The van der Waals surface area contributed by atoms with Crippen LogP contribution in [0.4, 0.5) is 5.13 Å². The number of aromatic nitrogens is 1. The molecule has 9 heteroatoms. The molecule has 2 aliphatic heterocycles. The van der Waals surface area contributed by atoms with Gasteiger partial charge in [0.1, 0.15) is 6.04 Å². The summed E-state index contributed by atoms with van der Waals surface area (Å²) in [5, 5.41) is 1.00. The van der Waals surface area contributed by atoms with Crippen molar-refractivity contribution < 1.29 is 13.2 Å². The number of aryl methyl sites for hydroxylation is 1. The molecule has 1 amide bonds. The van der Waals surface area contributed by atoms with Crippen LogP contribution in [-0.4, -0.2) is 73.5 Å². The lowest BCUT2D eigenvalue weighted by atomic mass is 10.1. The quantitative estimate of drug-likeness (QED) is 0.753. The Morgan fingerprint density at radius 3 is 2.64 bits per heavy atom. The molecule has 1 aromatic carbocycles. The third-order valence-electron chi connectivity index (χ3n) is 5.65. The van der Waals surface area contributed by atoms with Crippen LogP contribution in [0.25, 0.3) is 10.2 Å². The van der Waals surface area contributed by atoms with Gasteiger partial charge < -0.3 is 9.80 Å². The lowest BCUT2D eigenvalue weighted by Gasteiger charge is -2.36. The first kappa shape index (κ1) is 19.6. The maximum atomic E-state index is 12.9. The number of amides is 1. The largest absolute Gasteiger partial charge is 0.345 e. The molecule has 1 aromatic heterocycles. The second kappa shape index (κ2) is 7.61. The molecule has 4 rings (SSSR count). The van der Waals surface area contributed by atoms with Gasteiger partial charge in [-0.05, 0) is 30.9 Å². The molecule has 2 aliphatic rings. The summed E-state index contributed by atoms with van der Waals surface area (Å²) in [7, 11) is -3.34. The van der Waals surface area contributed by atoms with E-state index in [1.165, 1.54) is 20.8 Å². The minimum absolute atomic E-state index is 0.0554. The number of fused-ring (bicyclic) bond motifs is 1. The van der Waals surface area contributed by atoms with E-state index in [-0.39, 0.29) is 5.91 Å². The van der Waals surface area contributed by atoms with Gasteiger partial charge in [-0.25, -0.2) is 13.4 Å². The number of thiazole rings is 1. The number of piperazine rings is 1. The van der Waals surface area contributed by atoms with Crippen molar-refractivity contribution in [2.45, 2.75) is 32.2 Å². The van der Waals surface area contributed by atoms with Crippen molar-refractivity contribution in [1.29, 1.82) is 0 Å². The first-order valence-electron chi connectivity index (χ1n) is 9.77. The van der Waals surface area contributed by atoms with Crippen LogP contribution in [0.1, 0.15) is 25.3 Å². The monoisotopic (exact) mass is 422 g/mol. The molecule has 0 spiro atoms. The normalized spacial score (nSPS) is 21.6. The van der Waals surface area contributed by atoms with Crippen molar-refractivity contribution in [3.8, 4) is 0 Å². The summed E-state index contributed by atoms with van der Waals surface area (Å²) >= 11 is 1.70. The van der Waals surface area contributed by atoms with E-state index >= 15 is 0 Å². The summed E-state index contributed by atoms with van der Waals surface area (Å²) in [5.41, 5.74) is 2.34. The van der Waals surface area contributed by atoms with Crippen molar-refractivity contribution in [3.05, 3.63) is 23.8 Å². The van der Waals surface area contributed by atoms with E-state index in [9.17, 15) is 13.2 Å². The van der Waals surface area contributed by atoms with E-state index in [1.807, 2.05) is 4.90 Å². The molecule has 0 bridgehead atoms. The molecule has 2 aromatic rings. The van der Waals surface area contributed by atoms with Crippen molar-refractivity contribution >= 4 is 42.6 Å². The smallest absolute Gasteiger partial charge is 0.241 e. The zero-order chi connectivity index (χ0) is 19.9. The van der Waals surface area contributed by atoms with Gasteiger partial charge in [-0.3, -0.25) is 4.79 Å². The highest BCUT2D eigenvalue weighted by atomic mass is 32.2. The number of hydrogen-bond acceptors (Lipinski definition) is 6. The van der Waals surface area contributed by atoms with E-state index in [2.05, 4.69) is 30.0 Å². The van der Waals surface area contributed by atoms with Crippen LogP contribution in [0.15, 0.2) is 18.2 Å². The Bertz CT molecular complexity index is 980. The Hall–Kier alpha value is -1.71. The molecule has 0 radical (unpaired) electrons. The summed E-state index contributed by atoms with van der Waals surface area (Å²) in [6.45, 7) is 5.23. The summed E-state index contributed by atoms with van der Waals surface area (Å²) in [4.78, 5) is 21.8. The predicted molar refractivity (Wildman–Crippen MR) is 112 cm³/mol. The molecule has 152 valence electrons. The second-order valence-electron chi connectivity index (χ2n) is 7.46. The Labute approximate surface area is 170 Å². The third-order valence-corrected chi connectivity index (χ3v) is 8.02. The number of anilines is 1. The Morgan fingerprint density at radius 2 is 1.96 bits per heavy atom. The van der Waals surface area contributed by atoms with E-state index < -0.39 is 16.1 Å². The molecule has 28 heavy (non-hydrogen) atoms. The molecule has 0 saturated carbocycles. The van der Waals surface area contributed by atoms with Gasteiger partial charge in [0, 0.05) is 32.7 Å². The number of sulfonamides is 1. The fourth-order valence-electron chi connectivity index (χ4n) is 4.13. The van der Waals surface area contributed by atoms with Gasteiger partial charge >= 0.3 is 0 Å². The fraction of sp³-hybridized carbons (Fsp3) is 0.579. The molecule has 7 nitrogen and oxygen atoms in total. The Morgan fingerprint density at radius 1 is 1.21 bits per heavy atom. The minimum Gasteiger partial charge on any atom is -0.345 e. The molecule has 0 N–H and O–H groups in total. The van der Waals surface area contributed by atoms with Gasteiger partial charge in [0.05, 0.1) is 16.5 Å². The average molecular weight is 423 g/mol. The summed E-state index contributed by atoms with van der Waals surface area (Å²) in [6.07, 6.45) is 3.51. The second-order valence-corrected chi connectivity index (χ2v) is 10.4.